The molecule has 5 nitrogen and oxygen atoms in total. The van der Waals surface area contributed by atoms with Crippen molar-refractivity contribution in [3.8, 4) is 11.5 Å². The smallest absolute Gasteiger partial charge is 0.275 e. The lowest BCUT2D eigenvalue weighted by Crippen LogP contribution is -2.18. The number of amides is 1. The predicted molar refractivity (Wildman–Crippen MR) is 139 cm³/mol. The summed E-state index contributed by atoms with van der Waals surface area (Å²) in [5, 5.41) is 4.75. The molecule has 0 bridgehead atoms. The lowest BCUT2D eigenvalue weighted by molar-refractivity contribution is 0.0950. The molecular formula is C29H25ClN2O3. The minimum Gasteiger partial charge on any atom is -0.489 e. The molecule has 1 amide bonds. The van der Waals surface area contributed by atoms with Gasteiger partial charge in [-0.05, 0) is 72.1 Å². The second-order valence-electron chi connectivity index (χ2n) is 7.95. The number of carbonyl (C=O) groups is 1. The third-order valence-corrected chi connectivity index (χ3v) is 5.48. The SMILES string of the molecule is Cc1ccc(COc2ccc(C=NNC(=O)c3ccccc3OCc3ccc(Cl)cc3)cc2)cc1. The molecule has 0 atom stereocenters. The van der Waals surface area contributed by atoms with Crippen molar-refractivity contribution >= 4 is 23.7 Å². The molecule has 35 heavy (non-hydrogen) atoms. The van der Waals surface area contributed by atoms with Crippen LogP contribution < -0.4 is 14.9 Å². The van der Waals surface area contributed by atoms with Crippen LogP contribution in [-0.4, -0.2) is 12.1 Å². The number of hydrogen-bond acceptors (Lipinski definition) is 4. The topological polar surface area (TPSA) is 59.9 Å². The van der Waals surface area contributed by atoms with Gasteiger partial charge in [0.15, 0.2) is 0 Å². The highest BCUT2D eigenvalue weighted by Crippen LogP contribution is 2.20. The zero-order chi connectivity index (χ0) is 24.5. The fourth-order valence-corrected chi connectivity index (χ4v) is 3.37. The van der Waals surface area contributed by atoms with E-state index in [1.165, 1.54) is 5.56 Å². The molecule has 176 valence electrons. The van der Waals surface area contributed by atoms with Crippen LogP contribution in [0.15, 0.2) is 102 Å². The third kappa shape index (κ3) is 7.19. The second-order valence-corrected chi connectivity index (χ2v) is 8.39. The molecule has 0 unspecified atom stereocenters. The molecule has 4 aromatic rings. The van der Waals surface area contributed by atoms with Crippen molar-refractivity contribution < 1.29 is 14.3 Å². The summed E-state index contributed by atoms with van der Waals surface area (Å²) in [6, 6.07) is 30.2. The van der Waals surface area contributed by atoms with E-state index in [9.17, 15) is 4.79 Å². The van der Waals surface area contributed by atoms with Gasteiger partial charge in [-0.15, -0.1) is 0 Å². The van der Waals surface area contributed by atoms with Crippen molar-refractivity contribution in [2.75, 3.05) is 0 Å². The average molecular weight is 485 g/mol. The second kappa shape index (κ2) is 11.9. The van der Waals surface area contributed by atoms with Crippen LogP contribution in [0.1, 0.15) is 32.6 Å². The summed E-state index contributed by atoms with van der Waals surface area (Å²) >= 11 is 5.92. The number of halogens is 1. The number of aryl methyl sites for hydroxylation is 1. The Balaban J connectivity index is 1.30. The first-order chi connectivity index (χ1) is 17.1. The molecule has 4 aromatic carbocycles. The highest BCUT2D eigenvalue weighted by atomic mass is 35.5. The Kier molecular flexibility index (Phi) is 8.15. The Morgan fingerprint density at radius 2 is 1.46 bits per heavy atom. The summed E-state index contributed by atoms with van der Waals surface area (Å²) in [6.45, 7) is 2.88. The van der Waals surface area contributed by atoms with Gasteiger partial charge in [0.2, 0.25) is 0 Å². The fraction of sp³-hybridized carbons (Fsp3) is 0.103. The lowest BCUT2D eigenvalue weighted by Gasteiger charge is -2.10. The highest BCUT2D eigenvalue weighted by molar-refractivity contribution is 6.30. The van der Waals surface area contributed by atoms with Crippen molar-refractivity contribution in [2.24, 2.45) is 5.10 Å². The minimum absolute atomic E-state index is 0.322. The van der Waals surface area contributed by atoms with Crippen molar-refractivity contribution in [3.63, 3.8) is 0 Å². The standard InChI is InChI=1S/C29H25ClN2O3/c1-21-6-8-23(9-7-21)19-34-26-16-12-22(13-17-26)18-31-32-29(33)27-4-2-3-5-28(27)35-20-24-10-14-25(30)15-11-24/h2-18H,19-20H2,1H3,(H,32,33). The summed E-state index contributed by atoms with van der Waals surface area (Å²) < 4.78 is 11.7. The fourth-order valence-electron chi connectivity index (χ4n) is 3.25. The summed E-state index contributed by atoms with van der Waals surface area (Å²) in [5.41, 5.74) is 7.08. The largest absolute Gasteiger partial charge is 0.489 e. The Hall–Kier alpha value is -4.09. The molecule has 0 aliphatic rings. The molecule has 1 N–H and O–H groups in total. The van der Waals surface area contributed by atoms with Gasteiger partial charge in [0.05, 0.1) is 11.8 Å². The first-order valence-electron chi connectivity index (χ1n) is 11.1. The van der Waals surface area contributed by atoms with E-state index in [1.807, 2.05) is 42.5 Å². The molecule has 0 saturated carbocycles. The normalized spacial score (nSPS) is 10.8. The Labute approximate surface area is 210 Å². The van der Waals surface area contributed by atoms with E-state index in [4.69, 9.17) is 21.1 Å². The highest BCUT2D eigenvalue weighted by Gasteiger charge is 2.11. The van der Waals surface area contributed by atoms with Crippen molar-refractivity contribution in [3.05, 3.63) is 130 Å². The van der Waals surface area contributed by atoms with Crippen molar-refractivity contribution in [1.29, 1.82) is 0 Å². The predicted octanol–water partition coefficient (Wildman–Crippen LogP) is 6.57. The first kappa shape index (κ1) is 24.0. The summed E-state index contributed by atoms with van der Waals surface area (Å²) in [4.78, 5) is 12.7. The van der Waals surface area contributed by atoms with E-state index >= 15 is 0 Å². The van der Waals surface area contributed by atoms with E-state index in [-0.39, 0.29) is 5.91 Å². The molecule has 0 aliphatic heterocycles. The van der Waals surface area contributed by atoms with Crippen LogP contribution in [-0.2, 0) is 13.2 Å². The summed E-state index contributed by atoms with van der Waals surface area (Å²) in [5.74, 6) is 0.884. The van der Waals surface area contributed by atoms with E-state index in [2.05, 4.69) is 41.7 Å². The maximum absolute atomic E-state index is 12.7. The number of hydrogen-bond donors (Lipinski definition) is 1. The van der Waals surface area contributed by atoms with Gasteiger partial charge < -0.3 is 9.47 Å². The molecule has 6 heteroatoms. The quantitative estimate of drug-likeness (QED) is 0.216. The number of ether oxygens (including phenoxy) is 2. The summed E-state index contributed by atoms with van der Waals surface area (Å²) in [6.07, 6.45) is 1.58. The molecule has 0 spiro atoms. The van der Waals surface area contributed by atoms with Gasteiger partial charge in [0, 0.05) is 5.02 Å². The monoisotopic (exact) mass is 484 g/mol. The minimum atomic E-state index is -0.356. The van der Waals surface area contributed by atoms with Crippen LogP contribution in [0.25, 0.3) is 0 Å². The Morgan fingerprint density at radius 1 is 0.829 bits per heavy atom. The third-order valence-electron chi connectivity index (χ3n) is 5.23. The van der Waals surface area contributed by atoms with E-state index in [0.29, 0.717) is 29.5 Å². The van der Waals surface area contributed by atoms with Crippen LogP contribution in [0, 0.1) is 6.92 Å². The average Bonchev–Trinajstić information content (AvgIpc) is 2.89. The summed E-state index contributed by atoms with van der Waals surface area (Å²) in [7, 11) is 0. The van der Waals surface area contributed by atoms with E-state index in [0.717, 1.165) is 22.4 Å². The number of nitrogens with zero attached hydrogens (tertiary/aromatic N) is 1. The van der Waals surface area contributed by atoms with Gasteiger partial charge in [0.1, 0.15) is 24.7 Å². The van der Waals surface area contributed by atoms with Gasteiger partial charge in [-0.2, -0.15) is 5.10 Å². The molecule has 0 aromatic heterocycles. The number of nitrogens with one attached hydrogen (secondary N) is 1. The molecule has 0 aliphatic carbocycles. The maximum atomic E-state index is 12.7. The molecule has 0 radical (unpaired) electrons. The maximum Gasteiger partial charge on any atom is 0.275 e. The van der Waals surface area contributed by atoms with Crippen LogP contribution in [0.5, 0.6) is 11.5 Å². The van der Waals surface area contributed by atoms with Crippen molar-refractivity contribution in [1.82, 2.24) is 5.43 Å². The molecular weight excluding hydrogens is 460 g/mol. The van der Waals surface area contributed by atoms with Gasteiger partial charge in [-0.25, -0.2) is 5.43 Å². The van der Waals surface area contributed by atoms with Gasteiger partial charge in [-0.1, -0.05) is 65.7 Å². The number of carbonyl (C=O) groups excluding carboxylic acids is 1. The molecule has 0 fully saturated rings. The zero-order valence-corrected chi connectivity index (χ0v) is 20.0. The van der Waals surface area contributed by atoms with Crippen LogP contribution >= 0.6 is 11.6 Å². The Morgan fingerprint density at radius 3 is 2.17 bits per heavy atom. The number of hydrazone groups is 1. The molecule has 4 rings (SSSR count). The number of rotatable bonds is 9. The van der Waals surface area contributed by atoms with Crippen LogP contribution in [0.2, 0.25) is 5.02 Å². The van der Waals surface area contributed by atoms with Gasteiger partial charge in [-0.3, -0.25) is 4.79 Å². The van der Waals surface area contributed by atoms with Gasteiger partial charge in [0.25, 0.3) is 5.91 Å². The van der Waals surface area contributed by atoms with E-state index < -0.39 is 0 Å². The van der Waals surface area contributed by atoms with E-state index in [1.54, 1.807) is 36.5 Å². The lowest BCUT2D eigenvalue weighted by atomic mass is 10.2. The van der Waals surface area contributed by atoms with Gasteiger partial charge >= 0.3 is 0 Å². The first-order valence-corrected chi connectivity index (χ1v) is 11.5. The van der Waals surface area contributed by atoms with Crippen LogP contribution in [0.4, 0.5) is 0 Å². The zero-order valence-electron chi connectivity index (χ0n) is 19.3. The number of para-hydroxylation sites is 1. The number of benzene rings is 4. The Bertz CT molecular complexity index is 1290. The van der Waals surface area contributed by atoms with Crippen molar-refractivity contribution in [2.45, 2.75) is 20.1 Å². The molecule has 0 heterocycles. The van der Waals surface area contributed by atoms with Crippen LogP contribution in [0.3, 0.4) is 0 Å². The molecule has 0 saturated heterocycles.